The Balaban J connectivity index is 1.35. The summed E-state index contributed by atoms with van der Waals surface area (Å²) in [5, 5.41) is 13.2. The zero-order valence-corrected chi connectivity index (χ0v) is 13.9. The van der Waals surface area contributed by atoms with Crippen molar-refractivity contribution >= 4 is 0 Å². The zero-order valence-electron chi connectivity index (χ0n) is 13.9. The molecule has 2 fully saturated rings. The normalized spacial score (nSPS) is 28.0. The number of nitrogens with one attached hydrogen (secondary N) is 1. The van der Waals surface area contributed by atoms with Gasteiger partial charge in [0, 0.05) is 13.2 Å². The molecule has 1 aromatic carbocycles. The number of benzene rings is 1. The summed E-state index contributed by atoms with van der Waals surface area (Å²) < 4.78 is 11.3. The summed E-state index contributed by atoms with van der Waals surface area (Å²) in [6, 6.07) is 8.31. The van der Waals surface area contributed by atoms with Crippen LogP contribution in [-0.4, -0.2) is 37.1 Å². The summed E-state index contributed by atoms with van der Waals surface area (Å²) in [7, 11) is 0. The molecular weight excluding hydrogens is 290 g/mol. The molecule has 1 saturated heterocycles. The Morgan fingerprint density at radius 2 is 2.00 bits per heavy atom. The number of rotatable bonds is 7. The summed E-state index contributed by atoms with van der Waals surface area (Å²) in [6.07, 6.45) is 6.75. The topological polar surface area (TPSA) is 50.7 Å². The molecule has 3 rings (SSSR count). The van der Waals surface area contributed by atoms with E-state index in [0.29, 0.717) is 12.5 Å². The van der Waals surface area contributed by atoms with Gasteiger partial charge >= 0.3 is 0 Å². The largest absolute Gasteiger partial charge is 0.491 e. The van der Waals surface area contributed by atoms with Gasteiger partial charge in [0.05, 0.1) is 12.2 Å². The number of hydrogen-bond acceptors (Lipinski definition) is 4. The van der Waals surface area contributed by atoms with Gasteiger partial charge in [-0.2, -0.15) is 0 Å². The molecule has 1 aliphatic carbocycles. The monoisotopic (exact) mass is 319 g/mol. The van der Waals surface area contributed by atoms with Crippen molar-refractivity contribution in [1.82, 2.24) is 5.32 Å². The van der Waals surface area contributed by atoms with E-state index in [0.717, 1.165) is 57.6 Å². The number of aliphatic hydroxyl groups is 1. The minimum Gasteiger partial charge on any atom is -0.491 e. The fourth-order valence-corrected chi connectivity index (χ4v) is 3.54. The maximum atomic E-state index is 9.70. The first-order valence-corrected chi connectivity index (χ1v) is 9.02. The van der Waals surface area contributed by atoms with Gasteiger partial charge in [0.1, 0.15) is 12.4 Å². The molecule has 0 bridgehead atoms. The number of aliphatic hydroxyl groups excluding tert-OH is 1. The lowest BCUT2D eigenvalue weighted by atomic mass is 9.87. The minimum atomic E-state index is -0.0872. The van der Waals surface area contributed by atoms with E-state index < -0.39 is 0 Å². The average molecular weight is 319 g/mol. The fourth-order valence-electron chi connectivity index (χ4n) is 3.54. The molecule has 1 aromatic rings. The van der Waals surface area contributed by atoms with E-state index in [-0.39, 0.29) is 12.2 Å². The molecule has 0 radical (unpaired) electrons. The third-order valence-corrected chi connectivity index (χ3v) is 4.90. The minimum absolute atomic E-state index is 0.0872. The van der Waals surface area contributed by atoms with E-state index in [2.05, 4.69) is 17.4 Å². The molecule has 23 heavy (non-hydrogen) atoms. The van der Waals surface area contributed by atoms with E-state index >= 15 is 0 Å². The Morgan fingerprint density at radius 3 is 2.74 bits per heavy atom. The second kappa shape index (κ2) is 8.67. The predicted molar refractivity (Wildman–Crippen MR) is 90.6 cm³/mol. The number of hydrogen-bond donors (Lipinski definition) is 2. The van der Waals surface area contributed by atoms with E-state index in [4.69, 9.17) is 9.47 Å². The van der Waals surface area contributed by atoms with Crippen molar-refractivity contribution in [2.24, 2.45) is 5.92 Å². The maximum Gasteiger partial charge on any atom is 0.119 e. The molecule has 2 aliphatic rings. The van der Waals surface area contributed by atoms with Gasteiger partial charge in [-0.3, -0.25) is 0 Å². The van der Waals surface area contributed by atoms with Crippen LogP contribution in [0.1, 0.15) is 44.1 Å². The van der Waals surface area contributed by atoms with Crippen molar-refractivity contribution in [3.8, 4) is 5.75 Å². The van der Waals surface area contributed by atoms with Crippen molar-refractivity contribution < 1.29 is 14.6 Å². The Kier molecular flexibility index (Phi) is 6.31. The molecule has 0 amide bonds. The van der Waals surface area contributed by atoms with Gasteiger partial charge in [0.2, 0.25) is 0 Å². The van der Waals surface area contributed by atoms with Gasteiger partial charge in [-0.1, -0.05) is 18.6 Å². The fraction of sp³-hybridized carbons (Fsp3) is 0.684. The molecule has 1 saturated carbocycles. The molecule has 0 spiro atoms. The summed E-state index contributed by atoms with van der Waals surface area (Å²) in [5.41, 5.74) is 1.27. The number of ether oxygens (including phenoxy) is 2. The highest BCUT2D eigenvalue weighted by Crippen LogP contribution is 2.23. The van der Waals surface area contributed by atoms with Gasteiger partial charge in [0.15, 0.2) is 0 Å². The summed E-state index contributed by atoms with van der Waals surface area (Å²) in [4.78, 5) is 0. The lowest BCUT2D eigenvalue weighted by molar-refractivity contribution is 0.0679. The van der Waals surface area contributed by atoms with Crippen LogP contribution in [0, 0.1) is 5.92 Å². The van der Waals surface area contributed by atoms with Crippen LogP contribution < -0.4 is 10.1 Å². The molecular formula is C19H29NO3. The molecule has 1 aliphatic heterocycles. The molecule has 0 aromatic heterocycles. The lowest BCUT2D eigenvalue weighted by Crippen LogP contribution is -2.28. The zero-order chi connectivity index (χ0) is 15.9. The van der Waals surface area contributed by atoms with Crippen LogP contribution in [0.2, 0.25) is 0 Å². The first kappa shape index (κ1) is 16.7. The maximum absolute atomic E-state index is 9.70. The first-order chi connectivity index (χ1) is 11.3. The quantitative estimate of drug-likeness (QED) is 0.811. The van der Waals surface area contributed by atoms with Crippen LogP contribution in [-0.2, 0) is 11.3 Å². The van der Waals surface area contributed by atoms with Crippen LogP contribution in [0.25, 0.3) is 0 Å². The molecule has 1 heterocycles. The van der Waals surface area contributed by atoms with Crippen molar-refractivity contribution in [3.05, 3.63) is 29.8 Å². The highest BCUT2D eigenvalue weighted by Gasteiger charge is 2.19. The van der Waals surface area contributed by atoms with Crippen LogP contribution >= 0.6 is 0 Å². The summed E-state index contributed by atoms with van der Waals surface area (Å²) in [5.74, 6) is 1.53. The average Bonchev–Trinajstić information content (AvgIpc) is 3.08. The Labute approximate surface area is 139 Å². The Hall–Kier alpha value is -1.10. The molecule has 2 N–H and O–H groups in total. The van der Waals surface area contributed by atoms with E-state index in [1.54, 1.807) is 0 Å². The van der Waals surface area contributed by atoms with E-state index in [9.17, 15) is 5.11 Å². The molecule has 3 unspecified atom stereocenters. The Bertz CT molecular complexity index is 456. The first-order valence-electron chi connectivity index (χ1n) is 9.02. The van der Waals surface area contributed by atoms with Gasteiger partial charge < -0.3 is 19.9 Å². The van der Waals surface area contributed by atoms with Crippen molar-refractivity contribution in [3.63, 3.8) is 0 Å². The molecule has 3 atom stereocenters. The summed E-state index contributed by atoms with van der Waals surface area (Å²) >= 11 is 0. The molecule has 4 heteroatoms. The second-order valence-corrected chi connectivity index (χ2v) is 6.91. The predicted octanol–water partition coefficient (Wildman–Crippen LogP) is 2.89. The van der Waals surface area contributed by atoms with E-state index in [1.807, 2.05) is 12.1 Å². The second-order valence-electron chi connectivity index (χ2n) is 6.91. The van der Waals surface area contributed by atoms with E-state index in [1.165, 1.54) is 12.0 Å². The van der Waals surface area contributed by atoms with Crippen molar-refractivity contribution in [2.45, 2.75) is 57.3 Å². The van der Waals surface area contributed by atoms with Crippen LogP contribution in [0.15, 0.2) is 24.3 Å². The van der Waals surface area contributed by atoms with Crippen molar-refractivity contribution in [2.75, 3.05) is 19.8 Å². The third kappa shape index (κ3) is 5.48. The summed E-state index contributed by atoms with van der Waals surface area (Å²) in [6.45, 7) is 3.39. The van der Waals surface area contributed by atoms with Gasteiger partial charge in [-0.05, 0) is 62.3 Å². The van der Waals surface area contributed by atoms with Gasteiger partial charge in [-0.25, -0.2) is 0 Å². The SMILES string of the molecule is OC1CCCC(CNCc2ccc(OCC3CCCO3)cc2)C1. The third-order valence-electron chi connectivity index (χ3n) is 4.90. The van der Waals surface area contributed by atoms with Crippen LogP contribution in [0.5, 0.6) is 5.75 Å². The standard InChI is InChI=1S/C19H29NO3/c21-17-4-1-3-16(11-17)13-20-12-15-6-8-18(9-7-15)23-14-19-5-2-10-22-19/h6-9,16-17,19-21H,1-5,10-14H2. The van der Waals surface area contributed by atoms with Gasteiger partial charge in [-0.15, -0.1) is 0 Å². The van der Waals surface area contributed by atoms with Gasteiger partial charge in [0.25, 0.3) is 0 Å². The highest BCUT2D eigenvalue weighted by atomic mass is 16.5. The lowest BCUT2D eigenvalue weighted by Gasteiger charge is -2.26. The Morgan fingerprint density at radius 1 is 1.13 bits per heavy atom. The van der Waals surface area contributed by atoms with Crippen molar-refractivity contribution in [1.29, 1.82) is 0 Å². The van der Waals surface area contributed by atoms with Crippen LogP contribution in [0.4, 0.5) is 0 Å². The smallest absolute Gasteiger partial charge is 0.119 e. The highest BCUT2D eigenvalue weighted by molar-refractivity contribution is 5.27. The molecule has 128 valence electrons. The van der Waals surface area contributed by atoms with Crippen LogP contribution in [0.3, 0.4) is 0 Å². The molecule has 4 nitrogen and oxygen atoms in total.